The van der Waals surface area contributed by atoms with Crippen molar-refractivity contribution in [3.05, 3.63) is 0 Å². The fourth-order valence-corrected chi connectivity index (χ4v) is 4.86. The van der Waals surface area contributed by atoms with E-state index >= 15 is 0 Å². The van der Waals surface area contributed by atoms with Crippen LogP contribution in [0.25, 0.3) is 0 Å². The van der Waals surface area contributed by atoms with E-state index in [1.165, 1.54) is 56.7 Å². The summed E-state index contributed by atoms with van der Waals surface area (Å²) in [5.74, 6) is 2.66. The molecule has 2 saturated heterocycles. The summed E-state index contributed by atoms with van der Waals surface area (Å²) in [5.41, 5.74) is 0.537. The van der Waals surface area contributed by atoms with Gasteiger partial charge in [-0.05, 0) is 56.4 Å². The lowest BCUT2D eigenvalue weighted by atomic mass is 9.87. The summed E-state index contributed by atoms with van der Waals surface area (Å²) >= 11 is 2.14. The van der Waals surface area contributed by atoms with Crippen molar-refractivity contribution in [1.82, 2.24) is 10.2 Å². The van der Waals surface area contributed by atoms with Gasteiger partial charge in [0.25, 0.3) is 0 Å². The Labute approximate surface area is 116 Å². The van der Waals surface area contributed by atoms with E-state index in [1.54, 1.807) is 0 Å². The van der Waals surface area contributed by atoms with Gasteiger partial charge >= 0.3 is 0 Å². The molecule has 1 aliphatic carbocycles. The highest BCUT2D eigenvalue weighted by atomic mass is 32.2. The van der Waals surface area contributed by atoms with Crippen molar-refractivity contribution in [3.8, 4) is 0 Å². The molecule has 1 unspecified atom stereocenters. The number of thioether (sulfide) groups is 1. The lowest BCUT2D eigenvalue weighted by molar-refractivity contribution is 0.177. The predicted molar refractivity (Wildman–Crippen MR) is 80.3 cm³/mol. The van der Waals surface area contributed by atoms with E-state index in [-0.39, 0.29) is 0 Å². The molecule has 3 fully saturated rings. The second-order valence-corrected chi connectivity index (χ2v) is 8.32. The smallest absolute Gasteiger partial charge is 0.0166 e. The van der Waals surface area contributed by atoms with Crippen molar-refractivity contribution in [1.29, 1.82) is 0 Å². The Bertz CT molecular complexity index is 280. The summed E-state index contributed by atoms with van der Waals surface area (Å²) < 4.78 is 0. The summed E-state index contributed by atoms with van der Waals surface area (Å²) in [7, 11) is 0. The van der Waals surface area contributed by atoms with Gasteiger partial charge in [0.1, 0.15) is 0 Å². The Balaban J connectivity index is 1.43. The lowest BCUT2D eigenvalue weighted by Gasteiger charge is -2.39. The van der Waals surface area contributed by atoms with Crippen molar-refractivity contribution >= 4 is 11.8 Å². The molecule has 2 aliphatic heterocycles. The molecule has 0 spiro atoms. The first-order chi connectivity index (χ1) is 8.62. The van der Waals surface area contributed by atoms with Crippen LogP contribution in [0.1, 0.15) is 46.0 Å². The molecule has 0 aromatic carbocycles. The number of hydrogen-bond acceptors (Lipinski definition) is 3. The van der Waals surface area contributed by atoms with Crippen LogP contribution < -0.4 is 5.32 Å². The molecular weight excluding hydrogens is 240 g/mol. The van der Waals surface area contributed by atoms with E-state index in [0.717, 1.165) is 18.1 Å². The summed E-state index contributed by atoms with van der Waals surface area (Å²) in [4.78, 5) is 2.72. The Kier molecular flexibility index (Phi) is 3.93. The number of rotatable bonds is 3. The van der Waals surface area contributed by atoms with E-state index in [0.29, 0.717) is 5.41 Å². The zero-order valence-corrected chi connectivity index (χ0v) is 12.8. The maximum atomic E-state index is 3.95. The molecule has 3 heteroatoms. The third-order valence-corrected chi connectivity index (χ3v) is 6.30. The third-order valence-electron chi connectivity index (χ3n) is 4.68. The zero-order chi connectivity index (χ0) is 12.6. The second-order valence-electron chi connectivity index (χ2n) is 7.29. The minimum atomic E-state index is 0.537. The van der Waals surface area contributed by atoms with Crippen molar-refractivity contribution in [3.63, 3.8) is 0 Å². The molecule has 0 radical (unpaired) electrons. The molecule has 0 amide bonds. The van der Waals surface area contributed by atoms with Crippen LogP contribution in [-0.4, -0.2) is 47.6 Å². The topological polar surface area (TPSA) is 15.3 Å². The molecule has 2 heterocycles. The van der Waals surface area contributed by atoms with Crippen molar-refractivity contribution in [2.24, 2.45) is 5.41 Å². The normalized spacial score (nSPS) is 34.7. The van der Waals surface area contributed by atoms with Gasteiger partial charge in [-0.25, -0.2) is 0 Å². The minimum Gasteiger partial charge on any atom is -0.310 e. The third kappa shape index (κ3) is 3.43. The van der Waals surface area contributed by atoms with E-state index in [1.807, 2.05) is 0 Å². The fraction of sp³-hybridized carbons (Fsp3) is 1.00. The fourth-order valence-electron chi connectivity index (χ4n) is 3.57. The van der Waals surface area contributed by atoms with Crippen molar-refractivity contribution in [2.45, 2.75) is 64.1 Å². The van der Waals surface area contributed by atoms with Crippen LogP contribution in [0, 0.1) is 5.41 Å². The first kappa shape index (κ1) is 13.3. The van der Waals surface area contributed by atoms with Crippen LogP contribution >= 0.6 is 11.8 Å². The molecule has 0 aromatic heterocycles. The second kappa shape index (κ2) is 5.34. The monoisotopic (exact) mass is 268 g/mol. The van der Waals surface area contributed by atoms with Gasteiger partial charge in [0.05, 0.1) is 0 Å². The molecule has 18 heavy (non-hydrogen) atoms. The minimum absolute atomic E-state index is 0.537. The zero-order valence-electron chi connectivity index (χ0n) is 12.0. The lowest BCUT2D eigenvalue weighted by Crippen LogP contribution is -2.49. The SMILES string of the molecule is CC1(C)CSCC(NC2CCN(C3CC3)CC2)C1. The highest BCUT2D eigenvalue weighted by molar-refractivity contribution is 7.99. The molecular formula is C15H28N2S. The molecule has 1 saturated carbocycles. The van der Waals surface area contributed by atoms with E-state index in [2.05, 4.69) is 35.8 Å². The Morgan fingerprint density at radius 3 is 2.39 bits per heavy atom. The van der Waals surface area contributed by atoms with E-state index < -0.39 is 0 Å². The highest BCUT2D eigenvalue weighted by Crippen LogP contribution is 2.34. The van der Waals surface area contributed by atoms with Crippen LogP contribution in [-0.2, 0) is 0 Å². The molecule has 1 atom stereocenters. The molecule has 1 N–H and O–H groups in total. The summed E-state index contributed by atoms with van der Waals surface area (Å²) in [6.45, 7) is 7.52. The number of piperidine rings is 1. The van der Waals surface area contributed by atoms with Gasteiger partial charge in [0.2, 0.25) is 0 Å². The van der Waals surface area contributed by atoms with E-state index in [4.69, 9.17) is 0 Å². The van der Waals surface area contributed by atoms with Gasteiger partial charge in [0.15, 0.2) is 0 Å². The van der Waals surface area contributed by atoms with Crippen LogP contribution in [0.15, 0.2) is 0 Å². The van der Waals surface area contributed by atoms with Crippen LogP contribution in [0.3, 0.4) is 0 Å². The Morgan fingerprint density at radius 1 is 1.06 bits per heavy atom. The van der Waals surface area contributed by atoms with Crippen molar-refractivity contribution < 1.29 is 0 Å². The van der Waals surface area contributed by atoms with Crippen LogP contribution in [0.2, 0.25) is 0 Å². The van der Waals surface area contributed by atoms with Gasteiger partial charge < -0.3 is 10.2 Å². The summed E-state index contributed by atoms with van der Waals surface area (Å²) in [6.07, 6.45) is 7.04. The molecule has 104 valence electrons. The van der Waals surface area contributed by atoms with Gasteiger partial charge in [-0.1, -0.05) is 13.8 Å². The molecule has 3 aliphatic rings. The molecule has 0 aromatic rings. The molecule has 3 rings (SSSR count). The summed E-state index contributed by atoms with van der Waals surface area (Å²) in [6, 6.07) is 2.52. The highest BCUT2D eigenvalue weighted by Gasteiger charge is 2.34. The summed E-state index contributed by atoms with van der Waals surface area (Å²) in [5, 5.41) is 3.95. The van der Waals surface area contributed by atoms with Gasteiger partial charge in [0, 0.05) is 23.9 Å². The van der Waals surface area contributed by atoms with Crippen molar-refractivity contribution in [2.75, 3.05) is 24.6 Å². The van der Waals surface area contributed by atoms with Gasteiger partial charge in [-0.3, -0.25) is 0 Å². The average molecular weight is 268 g/mol. The molecule has 0 bridgehead atoms. The Hall–Kier alpha value is 0.270. The van der Waals surface area contributed by atoms with Gasteiger partial charge in [-0.2, -0.15) is 11.8 Å². The van der Waals surface area contributed by atoms with E-state index in [9.17, 15) is 0 Å². The molecule has 2 nitrogen and oxygen atoms in total. The first-order valence-electron chi connectivity index (χ1n) is 7.70. The maximum absolute atomic E-state index is 3.95. The maximum Gasteiger partial charge on any atom is 0.0166 e. The first-order valence-corrected chi connectivity index (χ1v) is 8.86. The average Bonchev–Trinajstić information content (AvgIpc) is 3.12. The number of nitrogens with zero attached hydrogens (tertiary/aromatic N) is 1. The number of nitrogens with one attached hydrogen (secondary N) is 1. The van der Waals surface area contributed by atoms with Crippen LogP contribution in [0.5, 0.6) is 0 Å². The number of likely N-dealkylation sites (tertiary alicyclic amines) is 1. The Morgan fingerprint density at radius 2 is 1.78 bits per heavy atom. The van der Waals surface area contributed by atoms with Gasteiger partial charge in [-0.15, -0.1) is 0 Å². The quantitative estimate of drug-likeness (QED) is 0.847. The van der Waals surface area contributed by atoms with Crippen LogP contribution in [0.4, 0.5) is 0 Å². The predicted octanol–water partition coefficient (Wildman–Crippen LogP) is 2.73. The largest absolute Gasteiger partial charge is 0.310 e. The standard InChI is InChI=1S/C15H28N2S/c1-15(2)9-13(10-18-11-15)16-12-5-7-17(8-6-12)14-3-4-14/h12-14,16H,3-11H2,1-2H3. The number of hydrogen-bond donors (Lipinski definition) is 1.